The molecule has 0 aliphatic carbocycles. The third-order valence-corrected chi connectivity index (χ3v) is 3.26. The Morgan fingerprint density at radius 3 is 2.62 bits per heavy atom. The highest BCUT2D eigenvalue weighted by Gasteiger charge is 2.13. The largest absolute Gasteiger partial charge is 0.505 e. The number of hydrogen-bond acceptors (Lipinski definition) is 4. The van der Waals surface area contributed by atoms with Gasteiger partial charge in [-0.25, -0.2) is 0 Å². The van der Waals surface area contributed by atoms with Crippen molar-refractivity contribution in [3.05, 3.63) is 47.5 Å². The molecule has 2 aromatic rings. The molecule has 0 aliphatic rings. The Hall–Kier alpha value is -2.69. The minimum absolute atomic E-state index is 0.155. The summed E-state index contributed by atoms with van der Waals surface area (Å²) in [6, 6.07) is 10.3. The highest BCUT2D eigenvalue weighted by Crippen LogP contribution is 2.27. The molecule has 5 heteroatoms. The van der Waals surface area contributed by atoms with Crippen LogP contribution in [-0.4, -0.2) is 25.1 Å². The van der Waals surface area contributed by atoms with Crippen LogP contribution >= 0.6 is 0 Å². The molecule has 110 valence electrons. The van der Waals surface area contributed by atoms with Crippen LogP contribution in [0.15, 0.2) is 36.4 Å². The molecule has 0 aromatic heterocycles. The fourth-order valence-corrected chi connectivity index (χ4v) is 2.11. The zero-order valence-corrected chi connectivity index (χ0v) is 12.3. The molecule has 4 N–H and O–H groups in total. The monoisotopic (exact) mass is 285 g/mol. The van der Waals surface area contributed by atoms with Crippen LogP contribution in [0.5, 0.6) is 5.75 Å². The SMILES string of the molecule is Cc1ccc(NC(=O)c2cccc(N)c2O)cc1N(C)C. The van der Waals surface area contributed by atoms with Gasteiger partial charge in [0.25, 0.3) is 5.91 Å². The van der Waals surface area contributed by atoms with Crippen LogP contribution in [-0.2, 0) is 0 Å². The molecule has 0 atom stereocenters. The van der Waals surface area contributed by atoms with Crippen molar-refractivity contribution in [1.82, 2.24) is 0 Å². The fraction of sp³-hybridized carbons (Fsp3) is 0.188. The molecule has 21 heavy (non-hydrogen) atoms. The number of nitrogens with zero attached hydrogens (tertiary/aromatic N) is 1. The first-order chi connectivity index (χ1) is 9.90. The third kappa shape index (κ3) is 3.08. The van der Waals surface area contributed by atoms with Gasteiger partial charge in [-0.15, -0.1) is 0 Å². The standard InChI is InChI=1S/C16H19N3O2/c1-10-7-8-11(9-14(10)19(2)3)18-16(21)12-5-4-6-13(17)15(12)20/h4-9,20H,17H2,1-3H3,(H,18,21). The molecule has 5 nitrogen and oxygen atoms in total. The van der Waals surface area contributed by atoms with Crippen molar-refractivity contribution in [2.45, 2.75) is 6.92 Å². The van der Waals surface area contributed by atoms with E-state index in [1.54, 1.807) is 12.1 Å². The maximum absolute atomic E-state index is 12.2. The van der Waals surface area contributed by atoms with E-state index in [1.807, 2.05) is 44.1 Å². The number of para-hydroxylation sites is 1. The van der Waals surface area contributed by atoms with Gasteiger partial charge in [0.15, 0.2) is 5.75 Å². The number of nitrogen functional groups attached to an aromatic ring is 1. The molecule has 0 fully saturated rings. The first-order valence-corrected chi connectivity index (χ1v) is 6.57. The zero-order chi connectivity index (χ0) is 15.6. The normalized spacial score (nSPS) is 10.2. The number of nitrogens with one attached hydrogen (secondary N) is 1. The molecule has 0 heterocycles. The lowest BCUT2D eigenvalue weighted by Gasteiger charge is -2.17. The summed E-state index contributed by atoms with van der Waals surface area (Å²) in [6.45, 7) is 2.00. The summed E-state index contributed by atoms with van der Waals surface area (Å²) in [6.07, 6.45) is 0. The van der Waals surface area contributed by atoms with Crippen LogP contribution in [0.25, 0.3) is 0 Å². The van der Waals surface area contributed by atoms with Crippen molar-refractivity contribution in [1.29, 1.82) is 0 Å². The van der Waals surface area contributed by atoms with Gasteiger partial charge in [0.2, 0.25) is 0 Å². The van der Waals surface area contributed by atoms with Gasteiger partial charge >= 0.3 is 0 Å². The lowest BCUT2D eigenvalue weighted by Crippen LogP contribution is -2.14. The maximum atomic E-state index is 12.2. The molecular formula is C16H19N3O2. The Bertz CT molecular complexity index is 681. The van der Waals surface area contributed by atoms with Gasteiger partial charge in [-0.05, 0) is 36.8 Å². The summed E-state index contributed by atoms with van der Waals surface area (Å²) in [7, 11) is 3.88. The second-order valence-corrected chi connectivity index (χ2v) is 5.09. The van der Waals surface area contributed by atoms with Gasteiger partial charge in [-0.1, -0.05) is 12.1 Å². The topological polar surface area (TPSA) is 78.6 Å². The number of aryl methyl sites for hydroxylation is 1. The molecule has 0 unspecified atom stereocenters. The molecular weight excluding hydrogens is 266 g/mol. The van der Waals surface area contributed by atoms with E-state index in [0.717, 1.165) is 11.3 Å². The number of benzene rings is 2. The Kier molecular flexibility index (Phi) is 4.03. The quantitative estimate of drug-likeness (QED) is 0.598. The molecule has 0 radical (unpaired) electrons. The van der Waals surface area contributed by atoms with Crippen LogP contribution in [0, 0.1) is 6.92 Å². The highest BCUT2D eigenvalue weighted by atomic mass is 16.3. The van der Waals surface area contributed by atoms with E-state index < -0.39 is 5.91 Å². The molecule has 0 aliphatic heterocycles. The first kappa shape index (κ1) is 14.7. The van der Waals surface area contributed by atoms with Gasteiger partial charge in [0, 0.05) is 25.5 Å². The zero-order valence-electron chi connectivity index (χ0n) is 12.3. The molecule has 2 rings (SSSR count). The third-order valence-electron chi connectivity index (χ3n) is 3.26. The first-order valence-electron chi connectivity index (χ1n) is 6.57. The van der Waals surface area contributed by atoms with E-state index in [2.05, 4.69) is 5.32 Å². The van der Waals surface area contributed by atoms with Crippen LogP contribution in [0.4, 0.5) is 17.1 Å². The summed E-state index contributed by atoms with van der Waals surface area (Å²) < 4.78 is 0. The van der Waals surface area contributed by atoms with Gasteiger partial charge in [-0.2, -0.15) is 0 Å². The number of phenols is 1. The van der Waals surface area contributed by atoms with Gasteiger partial charge < -0.3 is 21.1 Å². The van der Waals surface area contributed by atoms with Gasteiger partial charge in [-0.3, -0.25) is 4.79 Å². The summed E-state index contributed by atoms with van der Waals surface area (Å²) in [5.74, 6) is -0.594. The van der Waals surface area contributed by atoms with Crippen molar-refractivity contribution in [2.24, 2.45) is 0 Å². The van der Waals surface area contributed by atoms with Crippen LogP contribution in [0.2, 0.25) is 0 Å². The highest BCUT2D eigenvalue weighted by molar-refractivity contribution is 6.07. The number of phenolic OH excluding ortho intramolecular Hbond substituents is 1. The Morgan fingerprint density at radius 1 is 1.24 bits per heavy atom. The van der Waals surface area contributed by atoms with Crippen LogP contribution in [0.3, 0.4) is 0 Å². The smallest absolute Gasteiger partial charge is 0.259 e. The van der Waals surface area contributed by atoms with Gasteiger partial charge in [0.1, 0.15) is 0 Å². The molecule has 0 saturated heterocycles. The predicted octanol–water partition coefficient (Wildman–Crippen LogP) is 2.60. The van der Waals surface area contributed by atoms with Crippen molar-refractivity contribution >= 4 is 23.0 Å². The molecule has 0 spiro atoms. The number of nitrogens with two attached hydrogens (primary N) is 1. The van der Waals surface area contributed by atoms with E-state index in [-0.39, 0.29) is 17.0 Å². The van der Waals surface area contributed by atoms with E-state index in [4.69, 9.17) is 5.73 Å². The second kappa shape index (κ2) is 5.75. The second-order valence-electron chi connectivity index (χ2n) is 5.09. The number of rotatable bonds is 3. The van der Waals surface area contributed by atoms with E-state index in [1.165, 1.54) is 6.07 Å². The van der Waals surface area contributed by atoms with E-state index in [0.29, 0.717) is 5.69 Å². The number of carbonyl (C=O) groups is 1. The van der Waals surface area contributed by atoms with Crippen molar-refractivity contribution in [3.63, 3.8) is 0 Å². The summed E-state index contributed by atoms with van der Waals surface area (Å²) in [4.78, 5) is 14.2. The number of anilines is 3. The number of carbonyl (C=O) groups excluding carboxylic acids is 1. The average molecular weight is 285 g/mol. The van der Waals surface area contributed by atoms with Crippen LogP contribution in [0.1, 0.15) is 15.9 Å². The Labute approximate surface area is 124 Å². The van der Waals surface area contributed by atoms with Crippen LogP contribution < -0.4 is 16.0 Å². The summed E-state index contributed by atoms with van der Waals surface area (Å²) >= 11 is 0. The van der Waals surface area contributed by atoms with Crippen molar-refractivity contribution in [2.75, 3.05) is 30.0 Å². The number of aromatic hydroxyl groups is 1. The lowest BCUT2D eigenvalue weighted by atomic mass is 10.1. The average Bonchev–Trinajstić information content (AvgIpc) is 2.43. The number of amides is 1. The molecule has 1 amide bonds. The Balaban J connectivity index is 2.28. The fourth-order valence-electron chi connectivity index (χ4n) is 2.11. The van der Waals surface area contributed by atoms with Gasteiger partial charge in [0.05, 0.1) is 11.3 Å². The van der Waals surface area contributed by atoms with E-state index >= 15 is 0 Å². The lowest BCUT2D eigenvalue weighted by molar-refractivity contribution is 0.102. The van der Waals surface area contributed by atoms with Crippen molar-refractivity contribution < 1.29 is 9.90 Å². The minimum Gasteiger partial charge on any atom is -0.505 e. The molecule has 0 bridgehead atoms. The van der Waals surface area contributed by atoms with Crippen molar-refractivity contribution in [3.8, 4) is 5.75 Å². The maximum Gasteiger partial charge on any atom is 0.259 e. The molecule has 2 aromatic carbocycles. The number of hydrogen-bond donors (Lipinski definition) is 3. The van der Waals surface area contributed by atoms with E-state index in [9.17, 15) is 9.90 Å². The minimum atomic E-state index is -0.395. The summed E-state index contributed by atoms with van der Waals surface area (Å²) in [5.41, 5.74) is 8.73. The predicted molar refractivity (Wildman–Crippen MR) is 86.0 cm³/mol. The summed E-state index contributed by atoms with van der Waals surface area (Å²) in [5, 5.41) is 12.6. The molecule has 0 saturated carbocycles. The Morgan fingerprint density at radius 2 is 1.95 bits per heavy atom.